The number of ether oxygens (including phenoxy) is 2. The van der Waals surface area contributed by atoms with Crippen molar-refractivity contribution in [3.63, 3.8) is 0 Å². The molecule has 0 fully saturated rings. The van der Waals surface area contributed by atoms with Crippen molar-refractivity contribution in [2.45, 2.75) is 26.8 Å². The largest absolute Gasteiger partial charge is 0.493 e. The quantitative estimate of drug-likeness (QED) is 0.476. The molecule has 124 valence electrons. The number of aliphatic imine (C=N–C) groups is 1. The number of hydrogen-bond donors (Lipinski definition) is 3. The minimum Gasteiger partial charge on any atom is -0.493 e. The highest BCUT2D eigenvalue weighted by Gasteiger charge is 2.06. The van der Waals surface area contributed by atoms with Crippen LogP contribution in [0.3, 0.4) is 0 Å². The van der Waals surface area contributed by atoms with Crippen LogP contribution in [0.4, 0.5) is 0 Å². The number of aliphatic hydroxyl groups is 1. The topological polar surface area (TPSA) is 75.1 Å². The van der Waals surface area contributed by atoms with Crippen LogP contribution in [0, 0.1) is 0 Å². The van der Waals surface area contributed by atoms with Gasteiger partial charge in [-0.3, -0.25) is 0 Å². The number of aliphatic hydroxyl groups excluding tert-OH is 1. The minimum absolute atomic E-state index is 0.0235. The Morgan fingerprint density at radius 3 is 2.68 bits per heavy atom. The van der Waals surface area contributed by atoms with Gasteiger partial charge >= 0.3 is 0 Å². The number of nitrogens with zero attached hydrogens (tertiary/aromatic N) is 1. The predicted octanol–water partition coefficient (Wildman–Crippen LogP) is 1.53. The van der Waals surface area contributed by atoms with E-state index in [0.29, 0.717) is 18.0 Å². The Balaban J connectivity index is 2.74. The summed E-state index contributed by atoms with van der Waals surface area (Å²) in [7, 11) is 1.60. The van der Waals surface area contributed by atoms with E-state index in [1.54, 1.807) is 7.11 Å². The molecule has 1 aromatic carbocycles. The van der Waals surface area contributed by atoms with E-state index >= 15 is 0 Å². The first kappa shape index (κ1) is 18.1. The third kappa shape index (κ3) is 6.22. The average molecular weight is 309 g/mol. The van der Waals surface area contributed by atoms with Gasteiger partial charge in [-0.15, -0.1) is 0 Å². The summed E-state index contributed by atoms with van der Waals surface area (Å²) in [5.74, 6) is 2.08. The highest BCUT2D eigenvalue weighted by Crippen LogP contribution is 2.28. The van der Waals surface area contributed by atoms with Crippen LogP contribution in [0.2, 0.25) is 0 Å². The molecule has 6 nitrogen and oxygen atoms in total. The summed E-state index contributed by atoms with van der Waals surface area (Å²) in [5, 5.41) is 15.3. The molecule has 0 unspecified atom stereocenters. The van der Waals surface area contributed by atoms with Gasteiger partial charge in [0.2, 0.25) is 0 Å². The average Bonchev–Trinajstić information content (AvgIpc) is 2.55. The lowest BCUT2D eigenvalue weighted by Crippen LogP contribution is -2.37. The van der Waals surface area contributed by atoms with Gasteiger partial charge in [0.25, 0.3) is 0 Å². The molecular weight excluding hydrogens is 282 g/mol. The van der Waals surface area contributed by atoms with Crippen molar-refractivity contribution in [1.29, 1.82) is 0 Å². The molecule has 22 heavy (non-hydrogen) atoms. The Bertz CT molecular complexity index is 464. The maximum Gasteiger partial charge on any atom is 0.191 e. The van der Waals surface area contributed by atoms with E-state index in [0.717, 1.165) is 31.0 Å². The Morgan fingerprint density at radius 1 is 1.23 bits per heavy atom. The maximum atomic E-state index is 8.81. The van der Waals surface area contributed by atoms with Gasteiger partial charge in [0.05, 0.1) is 20.3 Å². The lowest BCUT2D eigenvalue weighted by molar-refractivity contribution is 0.196. The molecule has 0 radical (unpaired) electrons. The van der Waals surface area contributed by atoms with Crippen molar-refractivity contribution in [2.24, 2.45) is 4.99 Å². The predicted molar refractivity (Wildman–Crippen MR) is 88.7 cm³/mol. The molecule has 0 saturated carbocycles. The normalized spacial score (nSPS) is 11.2. The number of guanidine groups is 1. The lowest BCUT2D eigenvalue weighted by atomic mass is 10.2. The van der Waals surface area contributed by atoms with Gasteiger partial charge in [0.1, 0.15) is 6.61 Å². The summed E-state index contributed by atoms with van der Waals surface area (Å²) < 4.78 is 10.7. The molecule has 0 atom stereocenters. The summed E-state index contributed by atoms with van der Waals surface area (Å²) in [6.45, 7) is 6.65. The van der Waals surface area contributed by atoms with Crippen LogP contribution in [0.5, 0.6) is 11.5 Å². The van der Waals surface area contributed by atoms with E-state index in [1.807, 2.05) is 25.1 Å². The van der Waals surface area contributed by atoms with E-state index in [1.165, 1.54) is 0 Å². The van der Waals surface area contributed by atoms with Crippen molar-refractivity contribution < 1.29 is 14.6 Å². The number of rotatable bonds is 9. The third-order valence-corrected chi connectivity index (χ3v) is 2.88. The molecule has 1 aromatic rings. The number of benzene rings is 1. The van der Waals surface area contributed by atoms with E-state index in [2.05, 4.69) is 22.5 Å². The van der Waals surface area contributed by atoms with Crippen LogP contribution in [0.25, 0.3) is 0 Å². The summed E-state index contributed by atoms with van der Waals surface area (Å²) >= 11 is 0. The zero-order chi connectivity index (χ0) is 16.2. The molecule has 0 aromatic heterocycles. The van der Waals surface area contributed by atoms with Crippen LogP contribution in [-0.4, -0.2) is 44.5 Å². The first-order valence-electron chi connectivity index (χ1n) is 7.67. The van der Waals surface area contributed by atoms with Crippen LogP contribution in [0.1, 0.15) is 25.8 Å². The van der Waals surface area contributed by atoms with Gasteiger partial charge in [-0.2, -0.15) is 0 Å². The minimum atomic E-state index is -0.0235. The second kappa shape index (κ2) is 10.7. The zero-order valence-electron chi connectivity index (χ0n) is 13.7. The maximum absolute atomic E-state index is 8.81. The van der Waals surface area contributed by atoms with Gasteiger partial charge in [-0.25, -0.2) is 4.99 Å². The lowest BCUT2D eigenvalue weighted by Gasteiger charge is -2.12. The van der Waals surface area contributed by atoms with Gasteiger partial charge in [-0.1, -0.05) is 13.0 Å². The Labute approximate surface area is 132 Å². The summed E-state index contributed by atoms with van der Waals surface area (Å²) in [4.78, 5) is 4.55. The molecule has 0 heterocycles. The SMILES string of the molecule is CCCNC(=NCc1ccc(OCCO)c(OC)c1)NCC. The monoisotopic (exact) mass is 309 g/mol. The van der Waals surface area contributed by atoms with Crippen LogP contribution >= 0.6 is 0 Å². The van der Waals surface area contributed by atoms with Crippen molar-refractivity contribution in [3.05, 3.63) is 23.8 Å². The first-order valence-corrected chi connectivity index (χ1v) is 7.67. The molecule has 0 spiro atoms. The van der Waals surface area contributed by atoms with Gasteiger partial charge < -0.3 is 25.2 Å². The highest BCUT2D eigenvalue weighted by atomic mass is 16.5. The van der Waals surface area contributed by atoms with Crippen LogP contribution in [-0.2, 0) is 6.54 Å². The second-order valence-corrected chi connectivity index (χ2v) is 4.68. The Hall–Kier alpha value is -1.95. The van der Waals surface area contributed by atoms with E-state index in [9.17, 15) is 0 Å². The molecule has 1 rings (SSSR count). The molecule has 0 aliphatic heterocycles. The molecular formula is C16H27N3O3. The van der Waals surface area contributed by atoms with Gasteiger partial charge in [-0.05, 0) is 31.0 Å². The van der Waals surface area contributed by atoms with Crippen molar-refractivity contribution in [3.8, 4) is 11.5 Å². The third-order valence-electron chi connectivity index (χ3n) is 2.88. The molecule has 3 N–H and O–H groups in total. The summed E-state index contributed by atoms with van der Waals surface area (Å²) in [6.07, 6.45) is 1.05. The fourth-order valence-corrected chi connectivity index (χ4v) is 1.84. The molecule has 6 heteroatoms. The first-order chi connectivity index (χ1) is 10.7. The second-order valence-electron chi connectivity index (χ2n) is 4.68. The van der Waals surface area contributed by atoms with Crippen molar-refractivity contribution in [2.75, 3.05) is 33.4 Å². The van der Waals surface area contributed by atoms with Crippen molar-refractivity contribution in [1.82, 2.24) is 10.6 Å². The molecule has 0 bridgehead atoms. The fraction of sp³-hybridized carbons (Fsp3) is 0.562. The highest BCUT2D eigenvalue weighted by molar-refractivity contribution is 5.79. The molecule has 0 aliphatic carbocycles. The fourth-order valence-electron chi connectivity index (χ4n) is 1.84. The zero-order valence-corrected chi connectivity index (χ0v) is 13.7. The number of methoxy groups -OCH3 is 1. The molecule has 0 aliphatic rings. The molecule has 0 saturated heterocycles. The standard InChI is InChI=1S/C16H27N3O3/c1-4-8-18-16(17-5-2)19-12-13-6-7-14(22-10-9-20)15(11-13)21-3/h6-7,11,20H,4-5,8-10,12H2,1-3H3,(H2,17,18,19). The summed E-state index contributed by atoms with van der Waals surface area (Å²) in [5.41, 5.74) is 1.03. The van der Waals surface area contributed by atoms with E-state index < -0.39 is 0 Å². The number of hydrogen-bond acceptors (Lipinski definition) is 4. The van der Waals surface area contributed by atoms with Crippen molar-refractivity contribution >= 4 is 5.96 Å². The molecule has 0 amide bonds. The summed E-state index contributed by atoms with van der Waals surface area (Å²) in [6, 6.07) is 5.69. The Morgan fingerprint density at radius 2 is 2.05 bits per heavy atom. The van der Waals surface area contributed by atoms with Crippen LogP contribution < -0.4 is 20.1 Å². The number of nitrogens with one attached hydrogen (secondary N) is 2. The smallest absolute Gasteiger partial charge is 0.191 e. The van der Waals surface area contributed by atoms with Gasteiger partial charge in [0.15, 0.2) is 17.5 Å². The van der Waals surface area contributed by atoms with E-state index in [4.69, 9.17) is 14.6 Å². The van der Waals surface area contributed by atoms with Crippen LogP contribution in [0.15, 0.2) is 23.2 Å². The van der Waals surface area contributed by atoms with Gasteiger partial charge in [0, 0.05) is 13.1 Å². The Kier molecular flexibility index (Phi) is 8.83. The van der Waals surface area contributed by atoms with E-state index in [-0.39, 0.29) is 13.2 Å².